The molecular weight excluding hydrogens is 200 g/mol. The van der Waals surface area contributed by atoms with Gasteiger partial charge in [-0.05, 0) is 24.1 Å². The molecule has 0 fully saturated rings. The molecule has 3 nitrogen and oxygen atoms in total. The first kappa shape index (κ1) is 11.0. The Bertz CT molecular complexity index is 340. The molecule has 0 spiro atoms. The molecule has 3 N–H and O–H groups in total. The van der Waals surface area contributed by atoms with Crippen molar-refractivity contribution in [2.45, 2.75) is 20.4 Å². The predicted octanol–water partition coefficient (Wildman–Crippen LogP) is 2.07. The van der Waals surface area contributed by atoms with Gasteiger partial charge < -0.3 is 11.1 Å². The van der Waals surface area contributed by atoms with E-state index in [0.29, 0.717) is 17.3 Å². The average Bonchev–Trinajstić information content (AvgIpc) is 2.10. The van der Waals surface area contributed by atoms with Gasteiger partial charge in [0.15, 0.2) is 0 Å². The fourth-order valence-corrected chi connectivity index (χ4v) is 1.60. The molecule has 0 radical (unpaired) electrons. The Kier molecular flexibility index (Phi) is 3.49. The van der Waals surface area contributed by atoms with Gasteiger partial charge in [0.1, 0.15) is 0 Å². The standard InChI is InChI=1S/C10H13ClN2O/c1-6-3-8(5-12)4-9(11)10(6)13-7(2)14/h3-4H,5,12H2,1-2H3,(H,13,14). The van der Waals surface area contributed by atoms with Crippen LogP contribution < -0.4 is 11.1 Å². The predicted molar refractivity (Wildman–Crippen MR) is 58.4 cm³/mol. The summed E-state index contributed by atoms with van der Waals surface area (Å²) < 4.78 is 0. The molecule has 0 aliphatic carbocycles. The van der Waals surface area contributed by atoms with Gasteiger partial charge in [0.05, 0.1) is 10.7 Å². The number of nitrogens with two attached hydrogens (primary N) is 1. The van der Waals surface area contributed by atoms with Gasteiger partial charge in [-0.1, -0.05) is 17.7 Å². The molecule has 0 saturated heterocycles. The Morgan fingerprint density at radius 2 is 2.21 bits per heavy atom. The summed E-state index contributed by atoms with van der Waals surface area (Å²) in [5.41, 5.74) is 8.04. The summed E-state index contributed by atoms with van der Waals surface area (Å²) in [6, 6.07) is 3.68. The van der Waals surface area contributed by atoms with Crippen LogP contribution in [0.15, 0.2) is 12.1 Å². The number of aryl methyl sites for hydroxylation is 1. The van der Waals surface area contributed by atoms with Crippen LogP contribution in [0.25, 0.3) is 0 Å². The zero-order valence-electron chi connectivity index (χ0n) is 8.23. The third-order valence-corrected chi connectivity index (χ3v) is 2.18. The van der Waals surface area contributed by atoms with E-state index in [9.17, 15) is 4.79 Å². The SMILES string of the molecule is CC(=O)Nc1c(C)cc(CN)cc1Cl. The van der Waals surface area contributed by atoms with Crippen molar-refractivity contribution in [2.75, 3.05) is 5.32 Å². The van der Waals surface area contributed by atoms with E-state index in [1.165, 1.54) is 6.92 Å². The number of amides is 1. The van der Waals surface area contributed by atoms with E-state index in [1.807, 2.05) is 13.0 Å². The maximum absolute atomic E-state index is 10.9. The average molecular weight is 213 g/mol. The van der Waals surface area contributed by atoms with Crippen LogP contribution in [0.1, 0.15) is 18.1 Å². The fraction of sp³-hybridized carbons (Fsp3) is 0.300. The molecular formula is C10H13ClN2O. The monoisotopic (exact) mass is 212 g/mol. The highest BCUT2D eigenvalue weighted by molar-refractivity contribution is 6.34. The number of carbonyl (C=O) groups excluding carboxylic acids is 1. The third kappa shape index (κ3) is 2.47. The van der Waals surface area contributed by atoms with Gasteiger partial charge in [0.2, 0.25) is 5.91 Å². The lowest BCUT2D eigenvalue weighted by atomic mass is 10.1. The van der Waals surface area contributed by atoms with E-state index in [-0.39, 0.29) is 5.91 Å². The fourth-order valence-electron chi connectivity index (χ4n) is 1.27. The molecule has 0 aliphatic heterocycles. The molecule has 1 aromatic carbocycles. The molecule has 4 heteroatoms. The van der Waals surface area contributed by atoms with Crippen molar-refractivity contribution in [1.29, 1.82) is 0 Å². The van der Waals surface area contributed by atoms with Crippen LogP contribution in [0.2, 0.25) is 5.02 Å². The van der Waals surface area contributed by atoms with E-state index in [0.717, 1.165) is 11.1 Å². The van der Waals surface area contributed by atoms with Gasteiger partial charge in [-0.15, -0.1) is 0 Å². The molecule has 0 unspecified atom stereocenters. The maximum Gasteiger partial charge on any atom is 0.221 e. The van der Waals surface area contributed by atoms with Gasteiger partial charge in [-0.2, -0.15) is 0 Å². The molecule has 14 heavy (non-hydrogen) atoms. The van der Waals surface area contributed by atoms with Crippen LogP contribution in [-0.2, 0) is 11.3 Å². The van der Waals surface area contributed by atoms with Crippen LogP contribution in [0.4, 0.5) is 5.69 Å². The third-order valence-electron chi connectivity index (χ3n) is 1.88. The van der Waals surface area contributed by atoms with Crippen LogP contribution in [0.3, 0.4) is 0 Å². The number of rotatable bonds is 2. The van der Waals surface area contributed by atoms with Crippen molar-refractivity contribution in [3.63, 3.8) is 0 Å². The van der Waals surface area contributed by atoms with Crippen LogP contribution >= 0.6 is 11.6 Å². The van der Waals surface area contributed by atoms with E-state index in [1.54, 1.807) is 6.07 Å². The summed E-state index contributed by atoms with van der Waals surface area (Å²) in [5, 5.41) is 3.21. The quantitative estimate of drug-likeness (QED) is 0.789. The molecule has 0 saturated carbocycles. The van der Waals surface area contributed by atoms with Gasteiger partial charge in [-0.3, -0.25) is 4.79 Å². The topological polar surface area (TPSA) is 55.1 Å². The smallest absolute Gasteiger partial charge is 0.221 e. The van der Waals surface area contributed by atoms with Gasteiger partial charge in [-0.25, -0.2) is 0 Å². The van der Waals surface area contributed by atoms with Gasteiger partial charge in [0, 0.05) is 13.5 Å². The van der Waals surface area contributed by atoms with Gasteiger partial charge >= 0.3 is 0 Å². The molecule has 0 aromatic heterocycles. The summed E-state index contributed by atoms with van der Waals surface area (Å²) in [6.07, 6.45) is 0. The first-order chi connectivity index (χ1) is 6.54. The van der Waals surface area contributed by atoms with Crippen molar-refractivity contribution >= 4 is 23.2 Å². The molecule has 76 valence electrons. The van der Waals surface area contributed by atoms with E-state index >= 15 is 0 Å². The molecule has 1 aromatic rings. The zero-order chi connectivity index (χ0) is 10.7. The highest BCUT2D eigenvalue weighted by Gasteiger charge is 2.06. The first-order valence-corrected chi connectivity index (χ1v) is 4.69. The second-order valence-corrected chi connectivity index (χ2v) is 3.56. The minimum atomic E-state index is -0.129. The van der Waals surface area contributed by atoms with Crippen molar-refractivity contribution in [3.05, 3.63) is 28.3 Å². The lowest BCUT2D eigenvalue weighted by molar-refractivity contribution is -0.114. The van der Waals surface area contributed by atoms with Crippen LogP contribution in [0, 0.1) is 6.92 Å². The zero-order valence-corrected chi connectivity index (χ0v) is 8.98. The number of anilines is 1. The number of nitrogens with one attached hydrogen (secondary N) is 1. The lowest BCUT2D eigenvalue weighted by Gasteiger charge is -2.10. The number of hydrogen-bond acceptors (Lipinski definition) is 2. The Morgan fingerprint density at radius 1 is 1.57 bits per heavy atom. The van der Waals surface area contributed by atoms with E-state index in [4.69, 9.17) is 17.3 Å². The Balaban J connectivity index is 3.11. The Morgan fingerprint density at radius 3 is 2.64 bits per heavy atom. The second-order valence-electron chi connectivity index (χ2n) is 3.15. The lowest BCUT2D eigenvalue weighted by Crippen LogP contribution is -2.08. The highest BCUT2D eigenvalue weighted by atomic mass is 35.5. The van der Waals surface area contributed by atoms with E-state index < -0.39 is 0 Å². The largest absolute Gasteiger partial charge is 0.326 e. The summed E-state index contributed by atoms with van der Waals surface area (Å²) in [7, 11) is 0. The molecule has 1 amide bonds. The molecule has 1 rings (SSSR count). The second kappa shape index (κ2) is 4.44. The number of carbonyl (C=O) groups is 1. The minimum absolute atomic E-state index is 0.129. The Labute approximate surface area is 88.2 Å². The summed E-state index contributed by atoms with van der Waals surface area (Å²) in [6.45, 7) is 3.78. The van der Waals surface area contributed by atoms with Gasteiger partial charge in [0.25, 0.3) is 0 Å². The molecule has 0 aliphatic rings. The van der Waals surface area contributed by atoms with Crippen molar-refractivity contribution in [1.82, 2.24) is 0 Å². The number of benzene rings is 1. The number of halogens is 1. The molecule has 0 bridgehead atoms. The maximum atomic E-state index is 10.9. The number of hydrogen-bond donors (Lipinski definition) is 2. The summed E-state index contributed by atoms with van der Waals surface area (Å²) in [4.78, 5) is 10.9. The van der Waals surface area contributed by atoms with Crippen molar-refractivity contribution < 1.29 is 4.79 Å². The first-order valence-electron chi connectivity index (χ1n) is 4.31. The molecule has 0 atom stereocenters. The normalized spacial score (nSPS) is 10.0. The van der Waals surface area contributed by atoms with Crippen LogP contribution in [-0.4, -0.2) is 5.91 Å². The molecule has 0 heterocycles. The van der Waals surface area contributed by atoms with E-state index in [2.05, 4.69) is 5.32 Å². The highest BCUT2D eigenvalue weighted by Crippen LogP contribution is 2.27. The van der Waals surface area contributed by atoms with Crippen molar-refractivity contribution in [2.24, 2.45) is 5.73 Å². The van der Waals surface area contributed by atoms with Crippen LogP contribution in [0.5, 0.6) is 0 Å². The van der Waals surface area contributed by atoms with Crippen molar-refractivity contribution in [3.8, 4) is 0 Å². The Hall–Kier alpha value is -1.06. The minimum Gasteiger partial charge on any atom is -0.326 e. The summed E-state index contributed by atoms with van der Waals surface area (Å²) in [5.74, 6) is -0.129. The summed E-state index contributed by atoms with van der Waals surface area (Å²) >= 11 is 5.99.